The van der Waals surface area contributed by atoms with Crippen molar-refractivity contribution in [1.29, 1.82) is 0 Å². The van der Waals surface area contributed by atoms with Crippen molar-refractivity contribution >= 4 is 44.4 Å². The fraction of sp³-hybridized carbons (Fsp3) is 0.346. The van der Waals surface area contributed by atoms with E-state index in [2.05, 4.69) is 79.4 Å². The van der Waals surface area contributed by atoms with E-state index in [1.807, 2.05) is 24.3 Å². The van der Waals surface area contributed by atoms with E-state index in [1.54, 1.807) is 6.20 Å². The van der Waals surface area contributed by atoms with Gasteiger partial charge in [-0.05, 0) is 80.0 Å². The van der Waals surface area contributed by atoms with Gasteiger partial charge >= 0.3 is 0 Å². The van der Waals surface area contributed by atoms with E-state index in [-0.39, 0.29) is 5.91 Å². The monoisotopic (exact) mass is 537 g/mol. The molecule has 0 spiro atoms. The molecule has 4 aromatic rings. The summed E-state index contributed by atoms with van der Waals surface area (Å²) in [6.45, 7) is 10.6. The summed E-state index contributed by atoms with van der Waals surface area (Å²) in [7, 11) is 0. The minimum absolute atomic E-state index is 0.00390. The zero-order valence-corrected chi connectivity index (χ0v) is 22.2. The second kappa shape index (κ2) is 10.6. The van der Waals surface area contributed by atoms with Gasteiger partial charge in [-0.2, -0.15) is 0 Å². The maximum atomic E-state index is 12.7. The van der Waals surface area contributed by atoms with Gasteiger partial charge in [0.15, 0.2) is 5.65 Å². The second-order valence-electron chi connectivity index (χ2n) is 8.80. The lowest BCUT2D eigenvalue weighted by molar-refractivity contribution is -0.117. The summed E-state index contributed by atoms with van der Waals surface area (Å²) in [5, 5.41) is 3.07. The summed E-state index contributed by atoms with van der Waals surface area (Å²) in [6, 6.07) is 10.0. The summed E-state index contributed by atoms with van der Waals surface area (Å²) in [5.41, 5.74) is 12.9. The van der Waals surface area contributed by atoms with Crippen LogP contribution in [0.3, 0.4) is 0 Å². The lowest BCUT2D eigenvalue weighted by Crippen LogP contribution is -2.34. The molecule has 0 saturated carbocycles. The van der Waals surface area contributed by atoms with Crippen LogP contribution >= 0.6 is 15.9 Å². The molecule has 3 aromatic heterocycles. The maximum absolute atomic E-state index is 12.7. The molecule has 4 N–H and O–H groups in total. The number of nitrogen functional groups attached to an aromatic ring is 1. The summed E-state index contributed by atoms with van der Waals surface area (Å²) < 4.78 is 2.89. The van der Waals surface area contributed by atoms with E-state index in [9.17, 15) is 4.79 Å². The molecule has 0 fully saturated rings. The third kappa shape index (κ3) is 5.26. The van der Waals surface area contributed by atoms with Crippen molar-refractivity contribution in [2.24, 2.45) is 0 Å². The Labute approximate surface area is 214 Å². The number of aryl methyl sites for hydroxylation is 1. The van der Waals surface area contributed by atoms with Gasteiger partial charge in [0.2, 0.25) is 5.91 Å². The molecule has 1 amide bonds. The molecule has 0 radical (unpaired) electrons. The number of anilines is 2. The highest BCUT2D eigenvalue weighted by atomic mass is 79.9. The number of nitrogens with two attached hydrogens (primary N) is 1. The number of halogens is 1. The van der Waals surface area contributed by atoms with Gasteiger partial charge in [-0.3, -0.25) is 9.69 Å². The van der Waals surface area contributed by atoms with Crippen LogP contribution in [0.15, 0.2) is 41.0 Å². The summed E-state index contributed by atoms with van der Waals surface area (Å²) in [4.78, 5) is 27.2. The summed E-state index contributed by atoms with van der Waals surface area (Å²) in [6.07, 6.45) is 3.72. The standard InChI is InChI=1S/C26H32BrN7O/c1-5-10-33(11-6-2)15-22(35)30-18-8-7-9-19(13-18)34-16(3)12-20(17(34)4)25-31-24-23(28)21(27)14-29-26(24)32-25/h7-9,12-14H,5-6,10-11,15H2,1-4H3,(H,30,35)(H3,28,29,31,32). The smallest absolute Gasteiger partial charge is 0.238 e. The van der Waals surface area contributed by atoms with Crippen molar-refractivity contribution < 1.29 is 4.79 Å². The number of nitrogens with zero attached hydrogens (tertiary/aromatic N) is 4. The van der Waals surface area contributed by atoms with Crippen molar-refractivity contribution in [2.75, 3.05) is 30.7 Å². The molecular weight excluding hydrogens is 506 g/mol. The molecule has 9 heteroatoms. The molecule has 1 aromatic carbocycles. The predicted octanol–water partition coefficient (Wildman–Crippen LogP) is 5.44. The lowest BCUT2D eigenvalue weighted by Gasteiger charge is -2.20. The molecule has 8 nitrogen and oxygen atoms in total. The van der Waals surface area contributed by atoms with Crippen LogP contribution in [0.1, 0.15) is 38.1 Å². The van der Waals surface area contributed by atoms with Crippen LogP contribution in [-0.2, 0) is 4.79 Å². The van der Waals surface area contributed by atoms with Gasteiger partial charge in [0.1, 0.15) is 11.3 Å². The lowest BCUT2D eigenvalue weighted by atomic mass is 10.2. The highest BCUT2D eigenvalue weighted by Gasteiger charge is 2.18. The quantitative estimate of drug-likeness (QED) is 0.263. The van der Waals surface area contributed by atoms with Crippen molar-refractivity contribution in [3.63, 3.8) is 0 Å². The number of fused-ring (bicyclic) bond motifs is 1. The number of aromatic amines is 1. The Bertz CT molecular complexity index is 1350. The Hall–Kier alpha value is -3.17. The Kier molecular flexibility index (Phi) is 7.57. The minimum Gasteiger partial charge on any atom is -0.396 e. The average Bonchev–Trinajstić information content (AvgIpc) is 3.37. The molecule has 4 rings (SSSR count). The second-order valence-corrected chi connectivity index (χ2v) is 9.65. The topological polar surface area (TPSA) is 105 Å². The van der Waals surface area contributed by atoms with E-state index in [4.69, 9.17) is 5.73 Å². The Morgan fingerprint density at radius 3 is 2.66 bits per heavy atom. The van der Waals surface area contributed by atoms with Crippen molar-refractivity contribution in [3.05, 3.63) is 52.4 Å². The molecule has 0 aliphatic rings. The zero-order chi connectivity index (χ0) is 25.1. The molecule has 0 bridgehead atoms. The Balaban J connectivity index is 1.61. The van der Waals surface area contributed by atoms with E-state index in [0.29, 0.717) is 29.2 Å². The van der Waals surface area contributed by atoms with E-state index >= 15 is 0 Å². The van der Waals surface area contributed by atoms with Gasteiger partial charge in [-0.1, -0.05) is 19.9 Å². The fourth-order valence-corrected chi connectivity index (χ4v) is 4.81. The number of rotatable bonds is 9. The fourth-order valence-electron chi connectivity index (χ4n) is 4.51. The number of carbonyl (C=O) groups is 1. The largest absolute Gasteiger partial charge is 0.396 e. The molecule has 35 heavy (non-hydrogen) atoms. The van der Waals surface area contributed by atoms with Crippen LogP contribution in [0.2, 0.25) is 0 Å². The van der Waals surface area contributed by atoms with Crippen molar-refractivity contribution in [2.45, 2.75) is 40.5 Å². The number of benzene rings is 1. The van der Waals surface area contributed by atoms with Gasteiger partial charge in [0, 0.05) is 34.5 Å². The van der Waals surface area contributed by atoms with Gasteiger partial charge in [0.05, 0.1) is 16.7 Å². The highest BCUT2D eigenvalue weighted by Crippen LogP contribution is 2.32. The SMILES string of the molecule is CCCN(CCC)CC(=O)Nc1cccc(-n2c(C)cc(-c3nc4ncc(Br)c(N)c4[nH]3)c2C)c1. The maximum Gasteiger partial charge on any atom is 0.238 e. The van der Waals surface area contributed by atoms with E-state index in [1.165, 1.54) is 0 Å². The number of amides is 1. The van der Waals surface area contributed by atoms with Gasteiger partial charge in [-0.25, -0.2) is 9.97 Å². The van der Waals surface area contributed by atoms with Crippen LogP contribution < -0.4 is 11.1 Å². The van der Waals surface area contributed by atoms with Gasteiger partial charge in [0.25, 0.3) is 0 Å². The first-order valence-electron chi connectivity index (χ1n) is 11.9. The number of imidazole rings is 1. The molecule has 184 valence electrons. The molecule has 0 atom stereocenters. The molecule has 0 unspecified atom stereocenters. The first-order valence-corrected chi connectivity index (χ1v) is 12.7. The summed E-state index contributed by atoms with van der Waals surface area (Å²) >= 11 is 3.42. The number of nitrogens with one attached hydrogen (secondary N) is 2. The number of aromatic nitrogens is 4. The first-order chi connectivity index (χ1) is 16.8. The zero-order valence-electron chi connectivity index (χ0n) is 20.7. The third-order valence-electron chi connectivity index (χ3n) is 6.03. The van der Waals surface area contributed by atoms with Crippen molar-refractivity contribution in [1.82, 2.24) is 24.4 Å². The molecular formula is C26H32BrN7O. The van der Waals surface area contributed by atoms with Crippen LogP contribution in [0, 0.1) is 13.8 Å². The van der Waals surface area contributed by atoms with E-state index < -0.39 is 0 Å². The number of hydrogen-bond acceptors (Lipinski definition) is 5. The van der Waals surface area contributed by atoms with Crippen LogP contribution in [-0.4, -0.2) is 50.0 Å². The third-order valence-corrected chi connectivity index (χ3v) is 6.66. The molecule has 0 saturated heterocycles. The molecule has 0 aliphatic heterocycles. The van der Waals surface area contributed by atoms with Crippen LogP contribution in [0.4, 0.5) is 11.4 Å². The van der Waals surface area contributed by atoms with Crippen molar-refractivity contribution in [3.8, 4) is 17.1 Å². The first kappa shape index (κ1) is 24.9. The number of pyridine rings is 1. The van der Waals surface area contributed by atoms with Crippen LogP contribution in [0.25, 0.3) is 28.2 Å². The van der Waals surface area contributed by atoms with E-state index in [0.717, 1.165) is 58.7 Å². The summed E-state index contributed by atoms with van der Waals surface area (Å²) in [5.74, 6) is 0.720. The number of hydrogen-bond donors (Lipinski definition) is 3. The number of H-pyrrole nitrogens is 1. The normalized spacial score (nSPS) is 11.5. The average molecular weight is 538 g/mol. The number of carbonyl (C=O) groups excluding carboxylic acids is 1. The molecule has 0 aliphatic carbocycles. The highest BCUT2D eigenvalue weighted by molar-refractivity contribution is 9.10. The Morgan fingerprint density at radius 1 is 1.20 bits per heavy atom. The molecule has 3 heterocycles. The van der Waals surface area contributed by atoms with Gasteiger partial charge in [-0.15, -0.1) is 0 Å². The Morgan fingerprint density at radius 2 is 1.94 bits per heavy atom. The minimum atomic E-state index is 0.00390. The van der Waals surface area contributed by atoms with Crippen LogP contribution in [0.5, 0.6) is 0 Å². The predicted molar refractivity (Wildman–Crippen MR) is 146 cm³/mol. The van der Waals surface area contributed by atoms with Gasteiger partial charge < -0.3 is 20.6 Å².